The molecule has 0 saturated carbocycles. The molecule has 4 bridgehead atoms. The summed E-state index contributed by atoms with van der Waals surface area (Å²) >= 11 is 6.70. The number of methoxy groups -OCH3 is 1. The Morgan fingerprint density at radius 2 is 1.94 bits per heavy atom. The van der Waals surface area contributed by atoms with E-state index in [2.05, 4.69) is 5.32 Å². The van der Waals surface area contributed by atoms with E-state index in [1.54, 1.807) is 20.9 Å². The monoisotopic (exact) mass is 914 g/mol. The number of anilines is 1. The van der Waals surface area contributed by atoms with Gasteiger partial charge in [-0.05, 0) is 57.4 Å². The van der Waals surface area contributed by atoms with Crippen molar-refractivity contribution in [3.05, 3.63) is 52.9 Å². The Bertz CT molecular complexity index is 1410. The summed E-state index contributed by atoms with van der Waals surface area (Å²) in [5.74, 6) is -1.22. The number of likely N-dealkylation sites (N-methyl/N-ethyl adjacent to an activating group) is 1. The summed E-state index contributed by atoms with van der Waals surface area (Å²) in [5, 5.41) is 10.1. The summed E-state index contributed by atoms with van der Waals surface area (Å²) in [7, 11) is 5.62. The van der Waals surface area contributed by atoms with Gasteiger partial charge in [0.2, 0.25) is 11.8 Å². The summed E-state index contributed by atoms with van der Waals surface area (Å²) < 4.78 is 23.4. The molecule has 4 unspecified atom stereocenters. The molecule has 0 spiro atoms. The number of fused-ring (bicyclic) bond motifs is 5. The van der Waals surface area contributed by atoms with Crippen LogP contribution in [0.1, 0.15) is 53.0 Å². The van der Waals surface area contributed by atoms with Crippen molar-refractivity contribution >= 4 is 41.2 Å². The molecule has 2 saturated heterocycles. The average molecular weight is 915 g/mol. The van der Waals surface area contributed by atoms with Crippen LogP contribution in [0, 0.1) is 43.5 Å². The number of carbonyl (C=O) groups excluding carboxylic acids is 4. The van der Waals surface area contributed by atoms with Crippen LogP contribution < -0.4 is 15.0 Å². The number of amides is 3. The van der Waals surface area contributed by atoms with E-state index in [0.717, 1.165) is 18.2 Å². The Labute approximate surface area is 311 Å². The average Bonchev–Trinajstić information content (AvgIpc) is 3.74. The summed E-state index contributed by atoms with van der Waals surface area (Å²) in [6.45, 7) is 8.60. The third-order valence-corrected chi connectivity index (χ3v) is 9.41. The Morgan fingerprint density at radius 1 is 1.27 bits per heavy atom. The maximum absolute atomic E-state index is 13.9. The van der Waals surface area contributed by atoms with Gasteiger partial charge in [-0.1, -0.05) is 24.1 Å². The van der Waals surface area contributed by atoms with Gasteiger partial charge in [0.1, 0.15) is 34.6 Å². The summed E-state index contributed by atoms with van der Waals surface area (Å²) in [4.78, 5) is 54.3. The van der Waals surface area contributed by atoms with Crippen LogP contribution in [-0.4, -0.2) is 98.2 Å². The van der Waals surface area contributed by atoms with Gasteiger partial charge in [0.25, 0.3) is 0 Å². The number of hydrogen-bond donors (Lipinski definition) is 2. The van der Waals surface area contributed by atoms with E-state index in [0.29, 0.717) is 24.3 Å². The van der Waals surface area contributed by atoms with Crippen LogP contribution in [-0.2, 0) is 35.0 Å². The van der Waals surface area contributed by atoms with E-state index in [1.807, 2.05) is 50.6 Å². The second kappa shape index (κ2) is 17.8. The van der Waals surface area contributed by atoms with Gasteiger partial charge in [0.05, 0.1) is 25.3 Å². The zero-order valence-electron chi connectivity index (χ0n) is 29.0. The molecule has 264 valence electrons. The van der Waals surface area contributed by atoms with Crippen LogP contribution in [0.5, 0.6) is 5.75 Å². The molecule has 0 radical (unpaired) electrons. The first-order chi connectivity index (χ1) is 22.2. The molecule has 3 aliphatic rings. The van der Waals surface area contributed by atoms with Crippen molar-refractivity contribution in [2.45, 2.75) is 89.9 Å². The topological polar surface area (TPSA) is 147 Å². The van der Waals surface area contributed by atoms with E-state index in [-0.39, 0.29) is 66.3 Å². The number of aliphatic hydroxyl groups is 1. The van der Waals surface area contributed by atoms with Gasteiger partial charge in [-0.25, -0.2) is 28.2 Å². The Morgan fingerprint density at radius 3 is 2.56 bits per heavy atom. The maximum Gasteiger partial charge on any atom is 0.406 e. The first-order valence-electron chi connectivity index (χ1n) is 15.5. The Hall–Kier alpha value is -2.69. The molecule has 7 atom stereocenters. The van der Waals surface area contributed by atoms with Crippen molar-refractivity contribution in [1.82, 2.24) is 10.2 Å². The molecule has 1 aromatic carbocycles. The SMILES string of the molecule is CO.COc1cc2cc(c1Cl)N(C)C(=O)C[C@H](OC(=O)[C@H](C)N(C)C(C)=O)C1(C)OC1[C@H](C)C1CC([CH-]/C=C/C=C(\C)C2)NC(=O)O1.[U]. The van der Waals surface area contributed by atoms with Crippen LogP contribution in [0.3, 0.4) is 0 Å². The number of allylic oxidation sites excluding steroid dienone is 3. The number of nitrogens with zero attached hydrogens (tertiary/aromatic N) is 2. The van der Waals surface area contributed by atoms with Crippen molar-refractivity contribution in [2.75, 3.05) is 33.2 Å². The van der Waals surface area contributed by atoms with Crippen LogP contribution in [0.15, 0.2) is 35.9 Å². The van der Waals surface area contributed by atoms with Crippen molar-refractivity contribution in [3.8, 4) is 5.75 Å². The molecule has 4 rings (SSSR count). The van der Waals surface area contributed by atoms with Gasteiger partial charge in [0.15, 0.2) is 0 Å². The molecule has 3 aliphatic heterocycles. The van der Waals surface area contributed by atoms with Crippen molar-refractivity contribution in [1.29, 1.82) is 0 Å². The molecular weight excluding hydrogens is 868 g/mol. The fourth-order valence-electron chi connectivity index (χ4n) is 5.84. The molecule has 1 aromatic rings. The standard InChI is InChI=1S/C33H43ClN3O8.CH4O.U/c1-18-11-9-10-12-23-16-25(43-32(41)35-23)19(2)30-33(5,45-30)27(44-31(40)20(3)36(6)21(4)38)17-28(39)37(7)24-14-22(13-18)15-26(42-8)29(24)34;1-2;/h9-12,14-15,19-20,23,25,27,30H,13,16-17H2,1-8H3,(H,35,41);2H,1H3;/q-1;;/b10-9+,18-11+;;/t19-,20+,23?,25?,27+,30?,33?;;/m1../s1. The zero-order chi connectivity index (χ0) is 35.2. The minimum Gasteiger partial charge on any atom is -0.495 e. The molecule has 12 nitrogen and oxygen atoms in total. The number of ether oxygens (including phenoxy) is 4. The second-order valence-electron chi connectivity index (χ2n) is 12.3. The van der Waals surface area contributed by atoms with E-state index in [9.17, 15) is 19.2 Å². The van der Waals surface area contributed by atoms with Gasteiger partial charge >= 0.3 is 12.1 Å². The van der Waals surface area contributed by atoms with Crippen LogP contribution >= 0.6 is 11.6 Å². The fourth-order valence-corrected chi connectivity index (χ4v) is 6.16. The van der Waals surface area contributed by atoms with Gasteiger partial charge in [-0.3, -0.25) is 9.59 Å². The van der Waals surface area contributed by atoms with Gasteiger partial charge in [-0.15, -0.1) is 6.08 Å². The van der Waals surface area contributed by atoms with E-state index < -0.39 is 42.0 Å². The Kier molecular flexibility index (Phi) is 15.4. The number of hydrogen-bond acceptors (Lipinski definition) is 9. The summed E-state index contributed by atoms with van der Waals surface area (Å²) in [6, 6.07) is 2.52. The molecule has 0 aromatic heterocycles. The molecular formula is C34H47ClN3O9U-. The van der Waals surface area contributed by atoms with E-state index >= 15 is 0 Å². The molecule has 2 fully saturated rings. The number of epoxide rings is 1. The number of carbonyl (C=O) groups is 4. The third-order valence-electron chi connectivity index (χ3n) is 9.03. The first kappa shape index (κ1) is 41.5. The second-order valence-corrected chi connectivity index (χ2v) is 12.7. The number of halogens is 1. The predicted octanol–water partition coefficient (Wildman–Crippen LogP) is 4.01. The number of esters is 1. The third kappa shape index (κ3) is 9.72. The van der Waals surface area contributed by atoms with Gasteiger partial charge in [-0.2, -0.15) is 0 Å². The molecule has 14 heteroatoms. The largest absolute Gasteiger partial charge is 0.495 e. The van der Waals surface area contributed by atoms with Crippen LogP contribution in [0.4, 0.5) is 10.5 Å². The van der Waals surface area contributed by atoms with Crippen LogP contribution in [0.25, 0.3) is 0 Å². The minimum absolute atomic E-state index is 0. The molecule has 3 amide bonds. The normalized spacial score (nSPS) is 29.3. The number of aliphatic hydroxyl groups excluding tert-OH is 1. The minimum atomic E-state index is -1.07. The van der Waals surface area contributed by atoms with Gasteiger partial charge < -0.3 is 39.2 Å². The number of nitrogens with one attached hydrogen (secondary N) is 1. The smallest absolute Gasteiger partial charge is 0.406 e. The van der Waals surface area contributed by atoms with Gasteiger partial charge in [0, 0.05) is 65.2 Å². The molecule has 48 heavy (non-hydrogen) atoms. The van der Waals surface area contributed by atoms with E-state index in [4.69, 9.17) is 35.7 Å². The number of rotatable bonds is 4. The van der Waals surface area contributed by atoms with Crippen molar-refractivity contribution < 1.29 is 74.3 Å². The van der Waals surface area contributed by atoms with E-state index in [1.165, 1.54) is 30.9 Å². The summed E-state index contributed by atoms with van der Waals surface area (Å²) in [6.07, 6.45) is 6.03. The molecule has 2 N–H and O–H groups in total. The number of benzene rings is 1. The number of alkyl carbamates (subject to hydrolysis) is 1. The predicted molar refractivity (Wildman–Crippen MR) is 177 cm³/mol. The zero-order valence-corrected chi connectivity index (χ0v) is 34.0. The molecule has 3 heterocycles. The molecule has 0 aliphatic carbocycles. The maximum atomic E-state index is 13.9. The first-order valence-corrected chi connectivity index (χ1v) is 15.9. The van der Waals surface area contributed by atoms with Crippen molar-refractivity contribution in [3.63, 3.8) is 0 Å². The van der Waals surface area contributed by atoms with Crippen molar-refractivity contribution in [2.24, 2.45) is 5.92 Å². The Balaban J connectivity index is 0.00000262. The fraction of sp³-hybridized carbons (Fsp3) is 0.559. The summed E-state index contributed by atoms with van der Waals surface area (Å²) in [5.41, 5.74) is 1.30. The van der Waals surface area contributed by atoms with Crippen LogP contribution in [0.2, 0.25) is 5.02 Å². The quantitative estimate of drug-likeness (QED) is 0.260.